The molecule has 0 aromatic rings. The maximum Gasteiger partial charge on any atom is 0.0623 e. The largest absolute Gasteiger partial charge is 0.378 e. The van der Waals surface area contributed by atoms with Crippen LogP contribution in [0.15, 0.2) is 0 Å². The first-order valence-corrected chi connectivity index (χ1v) is 5.64. The van der Waals surface area contributed by atoms with Gasteiger partial charge in [-0.05, 0) is 18.3 Å². The van der Waals surface area contributed by atoms with Gasteiger partial charge in [-0.25, -0.2) is 0 Å². The summed E-state index contributed by atoms with van der Waals surface area (Å²) in [5.41, 5.74) is 0.295. The molecule has 0 saturated heterocycles. The van der Waals surface area contributed by atoms with Crippen LogP contribution >= 0.6 is 0 Å². The molecule has 0 rings (SSSR count). The number of unbranched alkanes of at least 4 members (excludes halogenated alkanes) is 1. The first kappa shape index (κ1) is 13.0. The normalized spacial score (nSPS) is 14.5. The Hall–Kier alpha value is -0.0400. The first-order chi connectivity index (χ1) is 6.02. The fourth-order valence-corrected chi connectivity index (χ4v) is 1.40. The molecule has 0 radical (unpaired) electrons. The van der Waals surface area contributed by atoms with Gasteiger partial charge >= 0.3 is 0 Å². The van der Waals surface area contributed by atoms with E-state index in [1.807, 2.05) is 0 Å². The van der Waals surface area contributed by atoms with Crippen molar-refractivity contribution in [3.63, 3.8) is 0 Å². The van der Waals surface area contributed by atoms with Crippen molar-refractivity contribution >= 4 is 0 Å². The third-order valence-electron chi connectivity index (χ3n) is 2.33. The SMILES string of the molecule is CCCCOC(CCC)C(C)(C)C. The van der Waals surface area contributed by atoms with E-state index in [1.165, 1.54) is 25.7 Å². The Morgan fingerprint density at radius 1 is 1.08 bits per heavy atom. The summed E-state index contributed by atoms with van der Waals surface area (Å²) in [6.07, 6.45) is 5.25. The molecule has 0 heterocycles. The highest BCUT2D eigenvalue weighted by Crippen LogP contribution is 2.25. The maximum absolute atomic E-state index is 5.89. The fraction of sp³-hybridized carbons (Fsp3) is 1.00. The van der Waals surface area contributed by atoms with Gasteiger partial charge in [0.25, 0.3) is 0 Å². The maximum atomic E-state index is 5.89. The van der Waals surface area contributed by atoms with Crippen molar-refractivity contribution in [2.75, 3.05) is 6.61 Å². The highest BCUT2D eigenvalue weighted by Gasteiger charge is 2.23. The smallest absolute Gasteiger partial charge is 0.0623 e. The van der Waals surface area contributed by atoms with E-state index in [0.29, 0.717) is 11.5 Å². The Balaban J connectivity index is 3.81. The minimum Gasteiger partial charge on any atom is -0.378 e. The van der Waals surface area contributed by atoms with Crippen LogP contribution in [0.1, 0.15) is 60.3 Å². The molecule has 1 unspecified atom stereocenters. The lowest BCUT2D eigenvalue weighted by molar-refractivity contribution is -0.0241. The molecule has 1 heteroatoms. The Morgan fingerprint density at radius 2 is 1.69 bits per heavy atom. The minimum atomic E-state index is 0.295. The second-order valence-electron chi connectivity index (χ2n) is 4.87. The van der Waals surface area contributed by atoms with Crippen LogP contribution in [0, 0.1) is 5.41 Å². The number of ether oxygens (including phenoxy) is 1. The summed E-state index contributed by atoms with van der Waals surface area (Å²) in [5, 5.41) is 0. The third kappa shape index (κ3) is 6.09. The van der Waals surface area contributed by atoms with E-state index in [2.05, 4.69) is 34.6 Å². The van der Waals surface area contributed by atoms with Crippen LogP contribution in [0.4, 0.5) is 0 Å². The number of hydrogen-bond acceptors (Lipinski definition) is 1. The molecule has 13 heavy (non-hydrogen) atoms. The molecular formula is C12H26O. The lowest BCUT2D eigenvalue weighted by Gasteiger charge is -2.30. The van der Waals surface area contributed by atoms with Crippen molar-refractivity contribution in [3.8, 4) is 0 Å². The van der Waals surface area contributed by atoms with E-state index in [-0.39, 0.29) is 0 Å². The van der Waals surface area contributed by atoms with Crippen molar-refractivity contribution in [2.24, 2.45) is 5.41 Å². The first-order valence-electron chi connectivity index (χ1n) is 5.64. The lowest BCUT2D eigenvalue weighted by atomic mass is 9.86. The lowest BCUT2D eigenvalue weighted by Crippen LogP contribution is -2.29. The molecule has 0 spiro atoms. The summed E-state index contributed by atoms with van der Waals surface area (Å²) in [7, 11) is 0. The van der Waals surface area contributed by atoms with Gasteiger partial charge in [-0.15, -0.1) is 0 Å². The molecule has 0 saturated carbocycles. The topological polar surface area (TPSA) is 9.23 Å². The van der Waals surface area contributed by atoms with Gasteiger partial charge in [0.2, 0.25) is 0 Å². The van der Waals surface area contributed by atoms with E-state index in [0.717, 1.165) is 6.61 Å². The van der Waals surface area contributed by atoms with Gasteiger partial charge in [0.1, 0.15) is 0 Å². The molecule has 0 aliphatic rings. The molecular weight excluding hydrogens is 160 g/mol. The minimum absolute atomic E-state index is 0.295. The van der Waals surface area contributed by atoms with Crippen LogP contribution in [-0.4, -0.2) is 12.7 Å². The zero-order chi connectivity index (χ0) is 10.3. The van der Waals surface area contributed by atoms with E-state index >= 15 is 0 Å². The fourth-order valence-electron chi connectivity index (χ4n) is 1.40. The van der Waals surface area contributed by atoms with E-state index in [1.54, 1.807) is 0 Å². The Morgan fingerprint density at radius 3 is 2.08 bits per heavy atom. The van der Waals surface area contributed by atoms with Gasteiger partial charge in [0, 0.05) is 6.61 Å². The van der Waals surface area contributed by atoms with Gasteiger partial charge in [-0.1, -0.05) is 47.5 Å². The standard InChI is InChI=1S/C12H26O/c1-6-8-10-13-11(9-7-2)12(3,4)5/h11H,6-10H2,1-5H3. The highest BCUT2D eigenvalue weighted by molar-refractivity contribution is 4.73. The zero-order valence-corrected chi connectivity index (χ0v) is 10.0. The summed E-state index contributed by atoms with van der Waals surface area (Å²) in [6, 6.07) is 0. The summed E-state index contributed by atoms with van der Waals surface area (Å²) < 4.78 is 5.89. The van der Waals surface area contributed by atoms with Crippen LogP contribution in [-0.2, 0) is 4.74 Å². The molecule has 0 aromatic heterocycles. The monoisotopic (exact) mass is 186 g/mol. The van der Waals surface area contributed by atoms with Gasteiger partial charge < -0.3 is 4.74 Å². The van der Waals surface area contributed by atoms with Gasteiger partial charge in [0.15, 0.2) is 0 Å². The molecule has 80 valence electrons. The summed E-state index contributed by atoms with van der Waals surface area (Å²) >= 11 is 0. The molecule has 0 aromatic carbocycles. The van der Waals surface area contributed by atoms with Crippen LogP contribution in [0.3, 0.4) is 0 Å². The second kappa shape index (κ2) is 6.42. The Bertz CT molecular complexity index is 113. The quantitative estimate of drug-likeness (QED) is 0.569. The van der Waals surface area contributed by atoms with Crippen molar-refractivity contribution in [1.82, 2.24) is 0 Å². The zero-order valence-electron chi connectivity index (χ0n) is 10.0. The molecule has 0 amide bonds. The molecule has 0 fully saturated rings. The predicted molar refractivity (Wildman–Crippen MR) is 59.0 cm³/mol. The molecule has 0 bridgehead atoms. The van der Waals surface area contributed by atoms with E-state index < -0.39 is 0 Å². The third-order valence-corrected chi connectivity index (χ3v) is 2.33. The van der Waals surface area contributed by atoms with Crippen LogP contribution in [0.2, 0.25) is 0 Å². The van der Waals surface area contributed by atoms with Gasteiger partial charge in [-0.2, -0.15) is 0 Å². The molecule has 0 aliphatic carbocycles. The summed E-state index contributed by atoms with van der Waals surface area (Å²) in [5.74, 6) is 0. The van der Waals surface area contributed by atoms with Gasteiger partial charge in [-0.3, -0.25) is 0 Å². The Labute approximate surface area is 83.9 Å². The van der Waals surface area contributed by atoms with Crippen molar-refractivity contribution in [2.45, 2.75) is 66.4 Å². The van der Waals surface area contributed by atoms with E-state index in [9.17, 15) is 0 Å². The van der Waals surface area contributed by atoms with Crippen LogP contribution < -0.4 is 0 Å². The summed E-state index contributed by atoms with van der Waals surface area (Å²) in [4.78, 5) is 0. The van der Waals surface area contributed by atoms with Crippen molar-refractivity contribution < 1.29 is 4.74 Å². The molecule has 1 atom stereocenters. The number of rotatable bonds is 6. The molecule has 0 N–H and O–H groups in total. The van der Waals surface area contributed by atoms with Gasteiger partial charge in [0.05, 0.1) is 6.10 Å². The van der Waals surface area contributed by atoms with E-state index in [4.69, 9.17) is 4.74 Å². The Kier molecular flexibility index (Phi) is 6.40. The van der Waals surface area contributed by atoms with Crippen LogP contribution in [0.25, 0.3) is 0 Å². The van der Waals surface area contributed by atoms with Crippen molar-refractivity contribution in [3.05, 3.63) is 0 Å². The average molecular weight is 186 g/mol. The molecule has 0 aliphatic heterocycles. The molecule has 1 nitrogen and oxygen atoms in total. The highest BCUT2D eigenvalue weighted by atomic mass is 16.5. The van der Waals surface area contributed by atoms with Crippen molar-refractivity contribution in [1.29, 1.82) is 0 Å². The summed E-state index contributed by atoms with van der Waals surface area (Å²) in [6.45, 7) is 12.1. The average Bonchev–Trinajstić information content (AvgIpc) is 2.01. The predicted octanol–water partition coefficient (Wildman–Crippen LogP) is 4.02. The van der Waals surface area contributed by atoms with Crippen LogP contribution in [0.5, 0.6) is 0 Å². The number of hydrogen-bond donors (Lipinski definition) is 0. The second-order valence-corrected chi connectivity index (χ2v) is 4.87.